The lowest BCUT2D eigenvalue weighted by Gasteiger charge is -2.26. The molecule has 0 bridgehead atoms. The number of hydrogen-bond donors (Lipinski definition) is 0. The first-order valence-corrected chi connectivity index (χ1v) is 10.5. The Hall–Kier alpha value is -2.86. The summed E-state index contributed by atoms with van der Waals surface area (Å²) in [5, 5.41) is 0. The molecule has 1 heterocycles. The van der Waals surface area contributed by atoms with E-state index in [0.717, 1.165) is 49.0 Å². The molecule has 0 radical (unpaired) electrons. The average molecular weight is 388 g/mol. The molecule has 1 amide bonds. The summed E-state index contributed by atoms with van der Waals surface area (Å²) in [6.07, 6.45) is 4.95. The normalized spacial score (nSPS) is 14.6. The molecular formula is C26H29NO2. The molecule has 1 saturated heterocycles. The van der Waals surface area contributed by atoms with Crippen molar-refractivity contribution in [2.45, 2.75) is 46.0 Å². The number of carbonyl (C=O) groups excluding carboxylic acids is 2. The van der Waals surface area contributed by atoms with Crippen molar-refractivity contribution in [3.05, 3.63) is 70.8 Å². The van der Waals surface area contributed by atoms with E-state index in [9.17, 15) is 9.59 Å². The SMILES string of the molecule is CC(=O)CC(C)Cc1ccc(C#Cc2ccc(C(=O)N3CCCCC3)cc2)cc1. The predicted octanol–water partition coefficient (Wildman–Crippen LogP) is 4.87. The molecular weight excluding hydrogens is 358 g/mol. The Labute approximate surface area is 174 Å². The predicted molar refractivity (Wildman–Crippen MR) is 117 cm³/mol. The number of rotatable bonds is 5. The van der Waals surface area contributed by atoms with Crippen LogP contribution in [0, 0.1) is 17.8 Å². The molecule has 0 N–H and O–H groups in total. The molecule has 1 fully saturated rings. The summed E-state index contributed by atoms with van der Waals surface area (Å²) >= 11 is 0. The van der Waals surface area contributed by atoms with Crippen molar-refractivity contribution in [2.24, 2.45) is 5.92 Å². The second kappa shape index (κ2) is 10.1. The molecule has 0 spiro atoms. The molecule has 3 heteroatoms. The third-order valence-corrected chi connectivity index (χ3v) is 5.30. The molecule has 1 aliphatic heterocycles. The highest BCUT2D eigenvalue weighted by Crippen LogP contribution is 2.15. The molecule has 1 aliphatic rings. The van der Waals surface area contributed by atoms with E-state index < -0.39 is 0 Å². The Balaban J connectivity index is 1.59. The molecule has 2 aromatic carbocycles. The van der Waals surface area contributed by atoms with Gasteiger partial charge in [-0.15, -0.1) is 0 Å². The quantitative estimate of drug-likeness (QED) is 0.687. The van der Waals surface area contributed by atoms with Crippen molar-refractivity contribution < 1.29 is 9.59 Å². The summed E-state index contributed by atoms with van der Waals surface area (Å²) in [7, 11) is 0. The van der Waals surface area contributed by atoms with Gasteiger partial charge in [0.1, 0.15) is 5.78 Å². The maximum Gasteiger partial charge on any atom is 0.253 e. The fourth-order valence-electron chi connectivity index (χ4n) is 3.81. The summed E-state index contributed by atoms with van der Waals surface area (Å²) in [6, 6.07) is 15.8. The lowest BCUT2D eigenvalue weighted by molar-refractivity contribution is -0.117. The number of amides is 1. The topological polar surface area (TPSA) is 37.4 Å². The second-order valence-electron chi connectivity index (χ2n) is 8.09. The van der Waals surface area contributed by atoms with Crippen LogP contribution < -0.4 is 0 Å². The largest absolute Gasteiger partial charge is 0.339 e. The van der Waals surface area contributed by atoms with Crippen LogP contribution in [0.2, 0.25) is 0 Å². The third-order valence-electron chi connectivity index (χ3n) is 5.30. The first-order valence-electron chi connectivity index (χ1n) is 10.5. The van der Waals surface area contributed by atoms with Crippen LogP contribution in [0.3, 0.4) is 0 Å². The Morgan fingerprint density at radius 3 is 2.00 bits per heavy atom. The van der Waals surface area contributed by atoms with Crippen molar-refractivity contribution in [3.8, 4) is 11.8 Å². The molecule has 0 saturated carbocycles. The molecule has 2 aromatic rings. The van der Waals surface area contributed by atoms with E-state index in [0.29, 0.717) is 12.3 Å². The van der Waals surface area contributed by atoms with Crippen LogP contribution in [0.25, 0.3) is 0 Å². The zero-order chi connectivity index (χ0) is 20.6. The van der Waals surface area contributed by atoms with E-state index in [2.05, 4.69) is 30.9 Å². The number of Topliss-reactive ketones (excluding diaryl/α,β-unsaturated/α-hetero) is 1. The van der Waals surface area contributed by atoms with Gasteiger partial charge in [-0.25, -0.2) is 0 Å². The molecule has 3 rings (SSSR count). The van der Waals surface area contributed by atoms with Gasteiger partial charge < -0.3 is 9.69 Å². The van der Waals surface area contributed by atoms with Gasteiger partial charge >= 0.3 is 0 Å². The lowest BCUT2D eigenvalue weighted by Crippen LogP contribution is -2.35. The minimum atomic E-state index is 0.124. The van der Waals surface area contributed by atoms with Crippen LogP contribution in [0.1, 0.15) is 66.6 Å². The smallest absolute Gasteiger partial charge is 0.253 e. The average Bonchev–Trinajstić information content (AvgIpc) is 2.73. The minimum Gasteiger partial charge on any atom is -0.339 e. The van der Waals surface area contributed by atoms with Gasteiger partial charge in [0.15, 0.2) is 0 Å². The number of ketones is 1. The molecule has 29 heavy (non-hydrogen) atoms. The first kappa shape index (κ1) is 20.9. The number of piperidine rings is 1. The van der Waals surface area contributed by atoms with Crippen LogP contribution in [0.5, 0.6) is 0 Å². The Kier molecular flexibility index (Phi) is 7.25. The van der Waals surface area contributed by atoms with Crippen LogP contribution in [-0.2, 0) is 11.2 Å². The zero-order valence-corrected chi connectivity index (χ0v) is 17.4. The Morgan fingerprint density at radius 1 is 0.897 bits per heavy atom. The second-order valence-corrected chi connectivity index (χ2v) is 8.09. The fourth-order valence-corrected chi connectivity index (χ4v) is 3.81. The van der Waals surface area contributed by atoms with Gasteiger partial charge in [-0.05, 0) is 80.5 Å². The van der Waals surface area contributed by atoms with E-state index in [1.54, 1.807) is 6.92 Å². The number of likely N-dealkylation sites (tertiary alicyclic amines) is 1. The van der Waals surface area contributed by atoms with Crippen LogP contribution in [-0.4, -0.2) is 29.7 Å². The first-order chi connectivity index (χ1) is 14.0. The van der Waals surface area contributed by atoms with Crippen LogP contribution in [0.4, 0.5) is 0 Å². The van der Waals surface area contributed by atoms with Gasteiger partial charge in [0, 0.05) is 36.2 Å². The van der Waals surface area contributed by atoms with Crippen LogP contribution >= 0.6 is 0 Å². The Bertz CT molecular complexity index is 894. The number of nitrogens with zero attached hydrogens (tertiary/aromatic N) is 1. The van der Waals surface area contributed by atoms with E-state index in [1.807, 2.05) is 41.3 Å². The summed E-state index contributed by atoms with van der Waals surface area (Å²) in [5.41, 5.74) is 3.83. The summed E-state index contributed by atoms with van der Waals surface area (Å²) in [5.74, 6) is 7.08. The van der Waals surface area contributed by atoms with Crippen molar-refractivity contribution in [3.63, 3.8) is 0 Å². The maximum absolute atomic E-state index is 12.5. The molecule has 0 aliphatic carbocycles. The van der Waals surface area contributed by atoms with Gasteiger partial charge in [-0.1, -0.05) is 30.9 Å². The van der Waals surface area contributed by atoms with Gasteiger partial charge in [-0.2, -0.15) is 0 Å². The van der Waals surface area contributed by atoms with Crippen molar-refractivity contribution in [1.82, 2.24) is 4.90 Å². The summed E-state index contributed by atoms with van der Waals surface area (Å²) in [4.78, 5) is 25.7. The molecule has 3 nitrogen and oxygen atoms in total. The fraction of sp³-hybridized carbons (Fsp3) is 0.385. The summed E-state index contributed by atoms with van der Waals surface area (Å²) in [6.45, 7) is 5.48. The summed E-state index contributed by atoms with van der Waals surface area (Å²) < 4.78 is 0. The van der Waals surface area contributed by atoms with Crippen molar-refractivity contribution >= 4 is 11.7 Å². The van der Waals surface area contributed by atoms with E-state index >= 15 is 0 Å². The van der Waals surface area contributed by atoms with Crippen LogP contribution in [0.15, 0.2) is 48.5 Å². The monoisotopic (exact) mass is 387 g/mol. The molecule has 1 atom stereocenters. The molecule has 150 valence electrons. The minimum absolute atomic E-state index is 0.124. The molecule has 0 aromatic heterocycles. The van der Waals surface area contributed by atoms with E-state index in [-0.39, 0.29) is 11.7 Å². The molecule has 1 unspecified atom stereocenters. The van der Waals surface area contributed by atoms with Crippen molar-refractivity contribution in [2.75, 3.05) is 13.1 Å². The highest BCUT2D eigenvalue weighted by atomic mass is 16.2. The van der Waals surface area contributed by atoms with Gasteiger partial charge in [0.25, 0.3) is 5.91 Å². The van der Waals surface area contributed by atoms with Crippen molar-refractivity contribution in [1.29, 1.82) is 0 Å². The van der Waals surface area contributed by atoms with E-state index in [1.165, 1.54) is 12.0 Å². The number of benzene rings is 2. The third kappa shape index (κ3) is 6.32. The number of carbonyl (C=O) groups is 2. The highest BCUT2D eigenvalue weighted by Gasteiger charge is 2.17. The van der Waals surface area contributed by atoms with E-state index in [4.69, 9.17) is 0 Å². The van der Waals surface area contributed by atoms with Gasteiger partial charge in [0.05, 0.1) is 0 Å². The zero-order valence-electron chi connectivity index (χ0n) is 17.4. The maximum atomic E-state index is 12.5. The Morgan fingerprint density at radius 2 is 1.45 bits per heavy atom. The highest BCUT2D eigenvalue weighted by molar-refractivity contribution is 5.94. The number of hydrogen-bond acceptors (Lipinski definition) is 2. The van der Waals surface area contributed by atoms with Gasteiger partial charge in [0.2, 0.25) is 0 Å². The van der Waals surface area contributed by atoms with Gasteiger partial charge in [-0.3, -0.25) is 4.79 Å². The standard InChI is InChI=1S/C26H29NO2/c1-20(18-21(2)28)19-24-10-8-22(9-11-24)6-7-23-12-14-25(15-13-23)26(29)27-16-4-3-5-17-27/h8-15,20H,3-5,16-19H2,1-2H3. The lowest BCUT2D eigenvalue weighted by atomic mass is 9.96.